The summed E-state index contributed by atoms with van der Waals surface area (Å²) in [6.45, 7) is 12.9. The van der Waals surface area contributed by atoms with Gasteiger partial charge in [0.15, 0.2) is 31.3 Å². The van der Waals surface area contributed by atoms with Gasteiger partial charge in [-0.05, 0) is 99.2 Å². The minimum absolute atomic E-state index is 0.0325. The molecule has 0 aromatic rings. The van der Waals surface area contributed by atoms with Crippen molar-refractivity contribution in [1.82, 2.24) is 0 Å². The fraction of sp³-hybridized carbons (Fsp3) is 0.911. The number of hydrogen-bond acceptors (Lipinski definition) is 24. The number of aliphatic carboxylic acids is 2. The van der Waals surface area contributed by atoms with Crippen molar-refractivity contribution >= 4 is 17.9 Å². The molecule has 8 fully saturated rings. The second kappa shape index (κ2) is 23.1. The quantitative estimate of drug-likeness (QED) is 0.0516. The van der Waals surface area contributed by atoms with E-state index >= 15 is 0 Å². The molecule has 9 aliphatic rings. The maximum absolute atomic E-state index is 13.0. The van der Waals surface area contributed by atoms with Crippen LogP contribution in [0.15, 0.2) is 11.6 Å². The Bertz CT molecular complexity index is 2360. The highest BCUT2D eigenvalue weighted by Gasteiger charge is 2.71. The first-order chi connectivity index (χ1) is 38.3. The number of hydrogen-bond donors (Lipinski definition) is 14. The lowest BCUT2D eigenvalue weighted by Crippen LogP contribution is -2.69. The molecule has 4 aliphatic heterocycles. The van der Waals surface area contributed by atoms with Crippen LogP contribution in [0, 0.1) is 50.2 Å². The van der Waals surface area contributed by atoms with E-state index in [-0.39, 0.29) is 36.0 Å². The highest BCUT2D eigenvalue weighted by molar-refractivity contribution is 5.75. The van der Waals surface area contributed by atoms with Gasteiger partial charge in [-0.2, -0.15) is 0 Å². The number of carbonyl (C=O) groups excluding carboxylic acids is 1. The zero-order chi connectivity index (χ0) is 60.3. The maximum Gasteiger partial charge on any atom is 0.335 e. The third-order valence-corrected chi connectivity index (χ3v) is 22.2. The molecule has 2 unspecified atom stereocenters. The number of rotatable bonds is 14. The molecule has 0 spiro atoms. The zero-order valence-electron chi connectivity index (χ0n) is 47.7. The lowest BCUT2D eigenvalue weighted by atomic mass is 9.33. The van der Waals surface area contributed by atoms with Crippen LogP contribution in [-0.2, 0) is 57.0 Å². The molecule has 0 aromatic heterocycles. The van der Waals surface area contributed by atoms with E-state index in [1.54, 1.807) is 6.92 Å². The van der Waals surface area contributed by atoms with E-state index in [0.29, 0.717) is 38.5 Å². The monoisotopic (exact) mass is 1180 g/mol. The summed E-state index contributed by atoms with van der Waals surface area (Å²) in [6.07, 6.45) is -32.8. The number of fused-ring (bicyclic) bond motifs is 7. The van der Waals surface area contributed by atoms with Crippen LogP contribution in [0.2, 0.25) is 0 Å². The molecule has 14 N–H and O–H groups in total. The van der Waals surface area contributed by atoms with Crippen LogP contribution >= 0.6 is 0 Å². The zero-order valence-corrected chi connectivity index (χ0v) is 47.7. The Labute approximate surface area is 475 Å². The van der Waals surface area contributed by atoms with Crippen LogP contribution in [-0.4, -0.2) is 244 Å². The molecule has 82 heavy (non-hydrogen) atoms. The summed E-state index contributed by atoms with van der Waals surface area (Å²) in [5, 5.41) is 153. The smallest absolute Gasteiger partial charge is 0.335 e. The molecule has 9 rings (SSSR count). The largest absolute Gasteiger partial charge is 0.481 e. The van der Waals surface area contributed by atoms with Crippen LogP contribution in [0.3, 0.4) is 0 Å². The highest BCUT2D eigenvalue weighted by Crippen LogP contribution is 2.76. The number of carbonyl (C=O) groups is 3. The Hall–Kier alpha value is -2.65. The fourth-order valence-corrected chi connectivity index (χ4v) is 16.9. The molecule has 4 heterocycles. The second-order valence-corrected chi connectivity index (χ2v) is 26.7. The Kier molecular flexibility index (Phi) is 18.0. The van der Waals surface area contributed by atoms with Gasteiger partial charge in [0.2, 0.25) is 0 Å². The van der Waals surface area contributed by atoms with Crippen LogP contribution in [0.5, 0.6) is 0 Å². The van der Waals surface area contributed by atoms with Gasteiger partial charge in [-0.1, -0.05) is 46.3 Å². The van der Waals surface area contributed by atoms with Gasteiger partial charge in [-0.25, -0.2) is 4.79 Å². The van der Waals surface area contributed by atoms with Crippen LogP contribution in [0.25, 0.3) is 0 Å². The van der Waals surface area contributed by atoms with Crippen molar-refractivity contribution in [2.75, 3.05) is 19.8 Å². The molecule has 4 saturated carbocycles. The molecular formula is C56H88O26. The van der Waals surface area contributed by atoms with E-state index in [2.05, 4.69) is 33.8 Å². The van der Waals surface area contributed by atoms with Gasteiger partial charge in [0, 0.05) is 24.2 Å². The molecule has 0 radical (unpaired) electrons. The maximum atomic E-state index is 13.0. The molecule has 468 valence electrons. The molecule has 0 aromatic carbocycles. The van der Waals surface area contributed by atoms with Crippen molar-refractivity contribution in [3.8, 4) is 0 Å². The van der Waals surface area contributed by atoms with E-state index in [9.17, 15) is 85.9 Å². The third kappa shape index (κ3) is 10.3. The average molecular weight is 1180 g/mol. The lowest BCUT2D eigenvalue weighted by molar-refractivity contribution is -0.410. The summed E-state index contributed by atoms with van der Waals surface area (Å²) in [5.41, 5.74) is -2.76. The molecule has 0 bridgehead atoms. The summed E-state index contributed by atoms with van der Waals surface area (Å²) in [6, 6.07) is 0. The predicted molar refractivity (Wildman–Crippen MR) is 275 cm³/mol. The van der Waals surface area contributed by atoms with Gasteiger partial charge in [0.05, 0.1) is 37.4 Å². The normalized spacial score (nSPS) is 54.0. The first-order valence-electron chi connectivity index (χ1n) is 28.8. The molecule has 0 amide bonds. The summed E-state index contributed by atoms with van der Waals surface area (Å²) in [7, 11) is 0. The van der Waals surface area contributed by atoms with Gasteiger partial charge in [0.1, 0.15) is 91.6 Å². The van der Waals surface area contributed by atoms with Crippen molar-refractivity contribution < 1.29 is 129 Å². The molecule has 31 atom stereocenters. The van der Waals surface area contributed by atoms with Crippen LogP contribution in [0.1, 0.15) is 113 Å². The SMILES string of the molecule is CC(=O)O[C@@H]1C[C@](C)(C(=O)O)C[C@H]2C3=CCC4[C@@]5(C)CC[C@H](O[C@@H]6O[C@H](C(=O)O)[C@@H](O)[C@H](O)[C@H]6O[C@@H]6O[C@H](CO)[C@H](O)[C@H](O[C@@H]7O[C@H](CO)[C@@H](O)[C@H](O)[C@H]7O)[C@H]6O[C@@H]6O[C@@H](C)[C@H](O)[C@@H](O)[C@H]6O)[C@](C)(CO)C5CC[C@@]4(C)[C@]3(C)CC[C@@]12C. The summed E-state index contributed by atoms with van der Waals surface area (Å²) in [5.74, 6) is -3.51. The van der Waals surface area contributed by atoms with Gasteiger partial charge >= 0.3 is 17.9 Å². The second-order valence-electron chi connectivity index (χ2n) is 26.7. The Morgan fingerprint density at radius 3 is 1.77 bits per heavy atom. The minimum atomic E-state index is -2.22. The van der Waals surface area contributed by atoms with Crippen molar-refractivity contribution in [2.24, 2.45) is 50.2 Å². The third-order valence-electron chi connectivity index (χ3n) is 22.2. The van der Waals surface area contributed by atoms with Gasteiger partial charge < -0.3 is 114 Å². The number of carboxylic acids is 2. The van der Waals surface area contributed by atoms with Gasteiger partial charge in [0.25, 0.3) is 0 Å². The van der Waals surface area contributed by atoms with E-state index in [1.165, 1.54) is 19.4 Å². The fourth-order valence-electron chi connectivity index (χ4n) is 16.9. The van der Waals surface area contributed by atoms with E-state index < -0.39 is 200 Å². The number of aliphatic hydroxyl groups is 12. The number of carboxylic acid groups (broad SMARTS) is 2. The van der Waals surface area contributed by atoms with Gasteiger partial charge in [-0.15, -0.1) is 0 Å². The number of esters is 1. The first-order valence-corrected chi connectivity index (χ1v) is 28.8. The number of allylic oxidation sites excluding steroid dienone is 2. The summed E-state index contributed by atoms with van der Waals surface area (Å²) < 4.78 is 54.8. The highest BCUT2D eigenvalue weighted by atomic mass is 16.8. The lowest BCUT2D eigenvalue weighted by Gasteiger charge is -2.71. The minimum Gasteiger partial charge on any atom is -0.481 e. The van der Waals surface area contributed by atoms with Crippen molar-refractivity contribution in [1.29, 1.82) is 0 Å². The first kappa shape index (κ1) is 63.8. The Morgan fingerprint density at radius 2 is 1.16 bits per heavy atom. The molecule has 5 aliphatic carbocycles. The van der Waals surface area contributed by atoms with Crippen LogP contribution in [0.4, 0.5) is 0 Å². The molecule has 26 heteroatoms. The Balaban J connectivity index is 1.03. The van der Waals surface area contributed by atoms with Crippen molar-refractivity contribution in [3.63, 3.8) is 0 Å². The number of aliphatic hydroxyl groups excluding tert-OH is 12. The van der Waals surface area contributed by atoms with Crippen molar-refractivity contribution in [2.45, 2.75) is 248 Å². The molecule has 4 saturated heterocycles. The van der Waals surface area contributed by atoms with E-state index in [0.717, 1.165) is 6.42 Å². The van der Waals surface area contributed by atoms with Crippen molar-refractivity contribution in [3.05, 3.63) is 11.6 Å². The van der Waals surface area contributed by atoms with Gasteiger partial charge in [-0.3, -0.25) is 9.59 Å². The predicted octanol–water partition coefficient (Wildman–Crippen LogP) is -1.84. The summed E-state index contributed by atoms with van der Waals surface area (Å²) in [4.78, 5) is 38.3. The standard InChI is InChI=1S/C56H88O26/c1-22-32(61)35(64)39(68)46(74-22)82-44-41(79-47-40(69)36(65)33(62)26(19-57)76-47)34(63)27(20-58)77-49(44)81-43-38(67)37(66)42(45(70)71)80-48(43)78-30-12-13-53(5)28(54(30,6)21-59)11-14-56(8)29(53)10-9-24-25-17-51(3,50(72)73)18-31(75-23(2)60)52(25,4)15-16-55(24,56)7/h9,22,25-44,46-49,57-59,61-69H,10-21H2,1-8H3,(H,70,71)(H,72,73)/t22-,25-,26+,27+,28?,29?,30-,31+,32-,33+,34-,35+,36-,37-,38-,39+,40+,41-,42-,43+,44+,46-,47-,48+,49-,51+,52+,53-,54+,55+,56+/m0/s1. The topological polar surface area (TPSA) is 418 Å². The molecule has 26 nitrogen and oxygen atoms in total. The number of ether oxygens (including phenoxy) is 9. The Morgan fingerprint density at radius 1 is 0.573 bits per heavy atom. The van der Waals surface area contributed by atoms with Crippen LogP contribution < -0.4 is 0 Å². The summed E-state index contributed by atoms with van der Waals surface area (Å²) >= 11 is 0. The van der Waals surface area contributed by atoms with E-state index in [4.69, 9.17) is 42.6 Å². The average Bonchev–Trinajstić information content (AvgIpc) is 1.13. The van der Waals surface area contributed by atoms with E-state index in [1.807, 2.05) is 6.92 Å². The molecular weight excluding hydrogens is 1090 g/mol.